The van der Waals surface area contributed by atoms with Crippen LogP contribution in [0.2, 0.25) is 0 Å². The molecule has 2 aromatic rings. The minimum absolute atomic E-state index is 0.206. The predicted octanol–water partition coefficient (Wildman–Crippen LogP) is 4.11. The molecule has 5 nitrogen and oxygen atoms in total. The summed E-state index contributed by atoms with van der Waals surface area (Å²) in [5.74, 6) is 0.403. The van der Waals surface area contributed by atoms with Gasteiger partial charge in [0.15, 0.2) is 3.55 Å². The van der Waals surface area contributed by atoms with E-state index in [-0.39, 0.29) is 12.2 Å². The summed E-state index contributed by atoms with van der Waals surface area (Å²) in [4.78, 5) is 11.1. The number of carboxylic acids is 1. The van der Waals surface area contributed by atoms with Crippen LogP contribution < -0.4 is 10.5 Å². The number of alkyl halides is 1. The maximum absolute atomic E-state index is 11.1. The second kappa shape index (κ2) is 7.70. The van der Waals surface area contributed by atoms with Crippen molar-refractivity contribution in [1.29, 1.82) is 0 Å². The molecule has 0 aromatic heterocycles. The van der Waals surface area contributed by atoms with E-state index in [1.807, 2.05) is 34.7 Å². The Labute approximate surface area is 174 Å². The SMILES string of the molecule is N[C@@](I)(Cc1ccc(Oc2ccc(O)c(I)c2)cc1I)C(=O)O. The number of hydrogen-bond acceptors (Lipinski definition) is 4. The van der Waals surface area contributed by atoms with Crippen molar-refractivity contribution in [3.63, 3.8) is 0 Å². The van der Waals surface area contributed by atoms with Crippen LogP contribution >= 0.6 is 67.8 Å². The van der Waals surface area contributed by atoms with Crippen molar-refractivity contribution >= 4 is 73.7 Å². The van der Waals surface area contributed by atoms with Crippen molar-refractivity contribution in [2.75, 3.05) is 0 Å². The van der Waals surface area contributed by atoms with Gasteiger partial charge in [-0.3, -0.25) is 0 Å². The van der Waals surface area contributed by atoms with Crippen LogP contribution in [0.1, 0.15) is 5.56 Å². The monoisotopic (exact) mass is 651 g/mol. The third-order valence-corrected chi connectivity index (χ3v) is 5.69. The molecule has 8 heteroatoms. The first kappa shape index (κ1) is 19.0. The molecule has 0 heterocycles. The molecule has 0 bridgehead atoms. The number of aromatic hydroxyl groups is 1. The third kappa shape index (κ3) is 5.06. The van der Waals surface area contributed by atoms with E-state index in [0.29, 0.717) is 15.1 Å². The van der Waals surface area contributed by atoms with Crippen molar-refractivity contribution in [2.45, 2.75) is 9.97 Å². The van der Waals surface area contributed by atoms with Gasteiger partial charge in [0.1, 0.15) is 17.2 Å². The average molecular weight is 651 g/mol. The molecule has 0 aliphatic rings. The van der Waals surface area contributed by atoms with Crippen molar-refractivity contribution in [1.82, 2.24) is 0 Å². The Bertz CT molecular complexity index is 749. The number of carbonyl (C=O) groups is 1. The molecule has 4 N–H and O–H groups in total. The number of carboxylic acid groups (broad SMARTS) is 1. The highest BCUT2D eigenvalue weighted by molar-refractivity contribution is 14.1. The number of hydrogen-bond donors (Lipinski definition) is 3. The van der Waals surface area contributed by atoms with Crippen LogP contribution in [0.3, 0.4) is 0 Å². The molecule has 0 aliphatic heterocycles. The zero-order chi connectivity index (χ0) is 17.2. The highest BCUT2D eigenvalue weighted by atomic mass is 127. The molecule has 0 amide bonds. The predicted molar refractivity (Wildman–Crippen MR) is 112 cm³/mol. The lowest BCUT2D eigenvalue weighted by Gasteiger charge is -2.18. The number of phenols is 1. The summed E-state index contributed by atoms with van der Waals surface area (Å²) < 4.78 is 5.99. The van der Waals surface area contributed by atoms with Crippen LogP contribution in [0.15, 0.2) is 36.4 Å². The van der Waals surface area contributed by atoms with Gasteiger partial charge in [-0.1, -0.05) is 6.07 Å². The van der Waals surface area contributed by atoms with E-state index in [1.165, 1.54) is 0 Å². The number of nitrogens with two attached hydrogens (primary N) is 1. The quantitative estimate of drug-likeness (QED) is 0.258. The summed E-state index contributed by atoms with van der Waals surface area (Å²) in [5, 5.41) is 18.6. The molecule has 0 spiro atoms. The van der Waals surface area contributed by atoms with Crippen molar-refractivity contribution in [3.8, 4) is 17.2 Å². The van der Waals surface area contributed by atoms with Gasteiger partial charge in [-0.25, -0.2) is 4.79 Å². The van der Waals surface area contributed by atoms with Gasteiger partial charge in [0.25, 0.3) is 0 Å². The first-order chi connectivity index (χ1) is 10.7. The summed E-state index contributed by atoms with van der Waals surface area (Å²) in [6.45, 7) is 0. The Balaban J connectivity index is 2.19. The molecule has 0 fully saturated rings. The summed E-state index contributed by atoms with van der Waals surface area (Å²) in [6, 6.07) is 10.4. The lowest BCUT2D eigenvalue weighted by molar-refractivity contribution is -0.139. The van der Waals surface area contributed by atoms with Crippen LogP contribution in [-0.4, -0.2) is 19.7 Å². The molecule has 122 valence electrons. The second-order valence-corrected chi connectivity index (χ2v) is 9.06. The fraction of sp³-hybridized carbons (Fsp3) is 0.133. The van der Waals surface area contributed by atoms with E-state index in [2.05, 4.69) is 22.6 Å². The fourth-order valence-corrected chi connectivity index (χ4v) is 3.35. The largest absolute Gasteiger partial charge is 0.507 e. The van der Waals surface area contributed by atoms with E-state index in [1.54, 1.807) is 46.9 Å². The standard InChI is InChI=1S/C15H12I3NO4/c16-11-5-9(23-10-3-4-13(20)12(17)6-10)2-1-8(11)7-15(18,19)14(21)22/h1-6,20H,7,19H2,(H,21,22)/t15-/m0/s1. The number of halogens is 3. The van der Waals surface area contributed by atoms with Gasteiger partial charge in [0.2, 0.25) is 0 Å². The zero-order valence-electron chi connectivity index (χ0n) is 11.6. The molecular formula is C15H12I3NO4. The lowest BCUT2D eigenvalue weighted by Crippen LogP contribution is -2.43. The number of rotatable bonds is 5. The summed E-state index contributed by atoms with van der Waals surface area (Å²) in [5.41, 5.74) is 6.63. The summed E-state index contributed by atoms with van der Waals surface area (Å²) >= 11 is 5.89. The Hall–Kier alpha value is -0.340. The average Bonchev–Trinajstić information content (AvgIpc) is 2.45. The second-order valence-electron chi connectivity index (χ2n) is 4.81. The van der Waals surface area contributed by atoms with Crippen LogP contribution in [0.25, 0.3) is 0 Å². The van der Waals surface area contributed by atoms with Gasteiger partial charge in [0, 0.05) is 9.99 Å². The molecular weight excluding hydrogens is 639 g/mol. The van der Waals surface area contributed by atoms with Crippen molar-refractivity contribution in [3.05, 3.63) is 49.1 Å². The highest BCUT2D eigenvalue weighted by Crippen LogP contribution is 2.30. The minimum Gasteiger partial charge on any atom is -0.507 e. The molecule has 0 saturated carbocycles. The summed E-state index contributed by atoms with van der Waals surface area (Å²) in [6.07, 6.45) is 0.221. The summed E-state index contributed by atoms with van der Waals surface area (Å²) in [7, 11) is 0. The third-order valence-electron chi connectivity index (χ3n) is 2.98. The first-order valence-corrected chi connectivity index (χ1v) is 9.58. The van der Waals surface area contributed by atoms with Gasteiger partial charge in [0.05, 0.1) is 3.57 Å². The normalized spacial score (nSPS) is 13.4. The first-order valence-electron chi connectivity index (χ1n) is 6.35. The zero-order valence-corrected chi connectivity index (χ0v) is 18.1. The smallest absolute Gasteiger partial charge is 0.334 e. The maximum Gasteiger partial charge on any atom is 0.334 e. The van der Waals surface area contributed by atoms with Crippen LogP contribution in [0, 0.1) is 7.14 Å². The molecule has 2 rings (SSSR count). The lowest BCUT2D eigenvalue weighted by atomic mass is 10.1. The van der Waals surface area contributed by atoms with Gasteiger partial charge in [-0.2, -0.15) is 0 Å². The highest BCUT2D eigenvalue weighted by Gasteiger charge is 2.31. The van der Waals surface area contributed by atoms with E-state index < -0.39 is 9.51 Å². The molecule has 0 unspecified atom stereocenters. The van der Waals surface area contributed by atoms with Crippen molar-refractivity contribution < 1.29 is 19.7 Å². The van der Waals surface area contributed by atoms with Gasteiger partial charge in [-0.05, 0) is 104 Å². The molecule has 0 aliphatic carbocycles. The number of phenolic OH excluding ortho intramolecular Hbond substituents is 1. The number of aliphatic carboxylic acids is 1. The minimum atomic E-state index is -1.34. The molecule has 2 aromatic carbocycles. The van der Waals surface area contributed by atoms with Crippen molar-refractivity contribution in [2.24, 2.45) is 5.73 Å². The topological polar surface area (TPSA) is 92.8 Å². The van der Waals surface area contributed by atoms with E-state index in [4.69, 9.17) is 15.6 Å². The van der Waals surface area contributed by atoms with Crippen LogP contribution in [-0.2, 0) is 11.2 Å². The molecule has 0 radical (unpaired) electrons. The van der Waals surface area contributed by atoms with E-state index >= 15 is 0 Å². The van der Waals surface area contributed by atoms with Crippen LogP contribution in [0.4, 0.5) is 0 Å². The maximum atomic E-state index is 11.1. The van der Waals surface area contributed by atoms with Crippen LogP contribution in [0.5, 0.6) is 17.2 Å². The Kier molecular flexibility index (Phi) is 6.35. The van der Waals surface area contributed by atoms with E-state index in [0.717, 1.165) is 9.13 Å². The number of ether oxygens (including phenoxy) is 1. The Morgan fingerprint density at radius 3 is 2.22 bits per heavy atom. The molecule has 1 atom stereocenters. The van der Waals surface area contributed by atoms with Gasteiger partial charge < -0.3 is 20.7 Å². The van der Waals surface area contributed by atoms with Gasteiger partial charge >= 0.3 is 5.97 Å². The molecule has 0 saturated heterocycles. The number of benzene rings is 2. The Morgan fingerprint density at radius 1 is 1.13 bits per heavy atom. The Morgan fingerprint density at radius 2 is 1.70 bits per heavy atom. The fourth-order valence-electron chi connectivity index (χ4n) is 1.77. The van der Waals surface area contributed by atoms with E-state index in [9.17, 15) is 9.90 Å². The molecule has 23 heavy (non-hydrogen) atoms. The van der Waals surface area contributed by atoms with Gasteiger partial charge in [-0.15, -0.1) is 0 Å².